The maximum atomic E-state index is 6.09. The van der Waals surface area contributed by atoms with Gasteiger partial charge in [-0.1, -0.05) is 6.07 Å². The van der Waals surface area contributed by atoms with Crippen LogP contribution in [0.2, 0.25) is 0 Å². The minimum absolute atomic E-state index is 0.0656. The minimum atomic E-state index is 0.0656. The van der Waals surface area contributed by atoms with Crippen molar-refractivity contribution in [2.45, 2.75) is 25.9 Å². The topological polar surface area (TPSA) is 76.3 Å². The molecule has 0 radical (unpaired) electrons. The molecule has 0 amide bonds. The van der Waals surface area contributed by atoms with Crippen LogP contribution in [0.1, 0.15) is 25.6 Å². The van der Waals surface area contributed by atoms with Gasteiger partial charge in [0.2, 0.25) is 0 Å². The number of nitrogens with zero attached hydrogens (tertiary/aromatic N) is 3. The summed E-state index contributed by atoms with van der Waals surface area (Å²) in [5.74, 6) is 0.922. The largest absolute Gasteiger partial charge is 0.396 e. The van der Waals surface area contributed by atoms with Gasteiger partial charge in [-0.3, -0.25) is 4.98 Å². The number of ether oxygens (including phenoxy) is 1. The van der Waals surface area contributed by atoms with Crippen LogP contribution in [0, 0.1) is 0 Å². The number of hydrogen-bond donors (Lipinski definition) is 2. The Balaban J connectivity index is 1.80. The fourth-order valence-electron chi connectivity index (χ4n) is 2.74. The van der Waals surface area contributed by atoms with E-state index < -0.39 is 0 Å². The number of pyridine rings is 2. The van der Waals surface area contributed by atoms with Crippen LogP contribution in [0.25, 0.3) is 0 Å². The van der Waals surface area contributed by atoms with E-state index in [1.165, 1.54) is 0 Å². The van der Waals surface area contributed by atoms with Crippen molar-refractivity contribution in [3.05, 3.63) is 42.4 Å². The van der Waals surface area contributed by atoms with E-state index in [1.54, 1.807) is 12.4 Å². The number of anilines is 3. The number of aromatic nitrogens is 2. The Bertz CT molecular complexity index is 649. The minimum Gasteiger partial charge on any atom is -0.396 e. The van der Waals surface area contributed by atoms with E-state index in [2.05, 4.69) is 34.0 Å². The third kappa shape index (κ3) is 3.53. The Kier molecular flexibility index (Phi) is 4.62. The highest BCUT2D eigenvalue weighted by Crippen LogP contribution is 2.28. The van der Waals surface area contributed by atoms with Gasteiger partial charge >= 0.3 is 0 Å². The molecule has 0 aliphatic carbocycles. The van der Waals surface area contributed by atoms with Crippen LogP contribution in [0.3, 0.4) is 0 Å². The van der Waals surface area contributed by atoms with Crippen LogP contribution in [0.4, 0.5) is 17.2 Å². The standard InChI is InChI=1S/C17H23N5O/c1-12-11-23-8-7-22(12)17-9-16(14(18)10-20-17)21-13(2)15-5-3-4-6-19-15/h3-6,9-10,12-13H,7-8,11,18H2,1-2H3,(H,20,21)/t12-,13?/m0/s1. The van der Waals surface area contributed by atoms with Crippen molar-refractivity contribution in [3.63, 3.8) is 0 Å². The summed E-state index contributed by atoms with van der Waals surface area (Å²) < 4.78 is 5.49. The molecule has 1 aliphatic rings. The fourth-order valence-corrected chi connectivity index (χ4v) is 2.74. The van der Waals surface area contributed by atoms with Crippen LogP contribution >= 0.6 is 0 Å². The second-order valence-electron chi connectivity index (χ2n) is 5.87. The van der Waals surface area contributed by atoms with Gasteiger partial charge in [-0.15, -0.1) is 0 Å². The number of hydrogen-bond acceptors (Lipinski definition) is 6. The van der Waals surface area contributed by atoms with E-state index in [0.717, 1.165) is 37.0 Å². The molecule has 1 fully saturated rings. The predicted molar refractivity (Wildman–Crippen MR) is 92.6 cm³/mol. The Morgan fingerprint density at radius 3 is 3.00 bits per heavy atom. The average molecular weight is 313 g/mol. The zero-order valence-electron chi connectivity index (χ0n) is 13.6. The molecule has 3 N–H and O–H groups in total. The molecule has 6 heteroatoms. The molecule has 3 heterocycles. The summed E-state index contributed by atoms with van der Waals surface area (Å²) >= 11 is 0. The zero-order chi connectivity index (χ0) is 16.2. The molecular formula is C17H23N5O. The Labute approximate surface area is 136 Å². The summed E-state index contributed by atoms with van der Waals surface area (Å²) in [4.78, 5) is 11.1. The lowest BCUT2D eigenvalue weighted by Gasteiger charge is -2.34. The molecule has 122 valence electrons. The Hall–Kier alpha value is -2.34. The molecule has 1 aliphatic heterocycles. The van der Waals surface area contributed by atoms with Crippen LogP contribution in [-0.4, -0.2) is 35.8 Å². The van der Waals surface area contributed by atoms with Gasteiger partial charge in [-0.25, -0.2) is 4.98 Å². The smallest absolute Gasteiger partial charge is 0.131 e. The van der Waals surface area contributed by atoms with Crippen molar-refractivity contribution >= 4 is 17.2 Å². The second-order valence-corrected chi connectivity index (χ2v) is 5.87. The van der Waals surface area contributed by atoms with Gasteiger partial charge in [0.1, 0.15) is 5.82 Å². The van der Waals surface area contributed by atoms with Gasteiger partial charge in [-0.05, 0) is 26.0 Å². The van der Waals surface area contributed by atoms with E-state index >= 15 is 0 Å². The summed E-state index contributed by atoms with van der Waals surface area (Å²) in [6.45, 7) is 6.50. The molecule has 2 atom stereocenters. The van der Waals surface area contributed by atoms with Gasteiger partial charge < -0.3 is 20.7 Å². The normalized spacial score (nSPS) is 19.4. The van der Waals surface area contributed by atoms with Gasteiger partial charge in [0.15, 0.2) is 0 Å². The van der Waals surface area contributed by atoms with Crippen molar-refractivity contribution in [2.75, 3.05) is 35.7 Å². The first-order valence-electron chi connectivity index (χ1n) is 7.92. The lowest BCUT2D eigenvalue weighted by Crippen LogP contribution is -2.44. The second kappa shape index (κ2) is 6.83. The Morgan fingerprint density at radius 1 is 1.39 bits per heavy atom. The van der Waals surface area contributed by atoms with Crippen molar-refractivity contribution in [2.24, 2.45) is 0 Å². The van der Waals surface area contributed by atoms with Crippen LogP contribution < -0.4 is 16.0 Å². The molecule has 0 aromatic carbocycles. The number of nitrogens with two attached hydrogens (primary N) is 1. The fraction of sp³-hybridized carbons (Fsp3) is 0.412. The number of morpholine rings is 1. The first-order valence-corrected chi connectivity index (χ1v) is 7.92. The number of nitrogen functional groups attached to an aromatic ring is 1. The highest BCUT2D eigenvalue weighted by molar-refractivity contribution is 5.69. The van der Waals surface area contributed by atoms with Crippen molar-refractivity contribution in [1.82, 2.24) is 9.97 Å². The summed E-state index contributed by atoms with van der Waals surface area (Å²) in [7, 11) is 0. The predicted octanol–water partition coefficient (Wildman–Crippen LogP) is 2.46. The molecule has 2 aromatic rings. The molecule has 23 heavy (non-hydrogen) atoms. The molecular weight excluding hydrogens is 290 g/mol. The summed E-state index contributed by atoms with van der Waals surface area (Å²) in [5.41, 5.74) is 8.59. The van der Waals surface area contributed by atoms with Crippen molar-refractivity contribution < 1.29 is 4.74 Å². The lowest BCUT2D eigenvalue weighted by molar-refractivity contribution is 0.0985. The maximum Gasteiger partial charge on any atom is 0.131 e. The molecule has 6 nitrogen and oxygen atoms in total. The highest BCUT2D eigenvalue weighted by atomic mass is 16.5. The van der Waals surface area contributed by atoms with Crippen LogP contribution in [0.15, 0.2) is 36.7 Å². The van der Waals surface area contributed by atoms with Crippen LogP contribution in [-0.2, 0) is 4.74 Å². The molecule has 0 spiro atoms. The third-order valence-electron chi connectivity index (χ3n) is 4.09. The monoisotopic (exact) mass is 313 g/mol. The maximum absolute atomic E-state index is 6.09. The molecule has 0 bridgehead atoms. The number of nitrogens with one attached hydrogen (secondary N) is 1. The van der Waals surface area contributed by atoms with Gasteiger partial charge in [0, 0.05) is 18.8 Å². The first kappa shape index (κ1) is 15.6. The molecule has 0 saturated carbocycles. The lowest BCUT2D eigenvalue weighted by atomic mass is 10.2. The van der Waals surface area contributed by atoms with Gasteiger partial charge in [0.05, 0.1) is 48.6 Å². The third-order valence-corrected chi connectivity index (χ3v) is 4.09. The quantitative estimate of drug-likeness (QED) is 0.903. The molecule has 1 saturated heterocycles. The van der Waals surface area contributed by atoms with E-state index in [0.29, 0.717) is 11.7 Å². The summed E-state index contributed by atoms with van der Waals surface area (Å²) in [5, 5.41) is 3.44. The van der Waals surface area contributed by atoms with E-state index in [1.807, 2.05) is 24.3 Å². The van der Waals surface area contributed by atoms with Gasteiger partial charge in [-0.2, -0.15) is 0 Å². The van der Waals surface area contributed by atoms with Gasteiger partial charge in [0.25, 0.3) is 0 Å². The zero-order valence-corrected chi connectivity index (χ0v) is 13.6. The van der Waals surface area contributed by atoms with Crippen molar-refractivity contribution in [3.8, 4) is 0 Å². The van der Waals surface area contributed by atoms with E-state index in [9.17, 15) is 0 Å². The highest BCUT2D eigenvalue weighted by Gasteiger charge is 2.21. The average Bonchev–Trinajstić information content (AvgIpc) is 2.58. The molecule has 1 unspecified atom stereocenters. The number of rotatable bonds is 4. The van der Waals surface area contributed by atoms with E-state index in [4.69, 9.17) is 10.5 Å². The molecule has 2 aromatic heterocycles. The van der Waals surface area contributed by atoms with Crippen LogP contribution in [0.5, 0.6) is 0 Å². The summed E-state index contributed by atoms with van der Waals surface area (Å²) in [6, 6.07) is 8.28. The first-order chi connectivity index (χ1) is 11.1. The Morgan fingerprint density at radius 2 is 2.26 bits per heavy atom. The SMILES string of the molecule is CC(Nc1cc(N2CCOC[C@@H]2C)ncc1N)c1ccccn1. The van der Waals surface area contributed by atoms with E-state index in [-0.39, 0.29) is 6.04 Å². The molecule has 3 rings (SSSR count). The summed E-state index contributed by atoms with van der Waals surface area (Å²) in [6.07, 6.45) is 3.51. The van der Waals surface area contributed by atoms with Crippen molar-refractivity contribution in [1.29, 1.82) is 0 Å².